The maximum atomic E-state index is 6.09. The second kappa shape index (κ2) is 8.99. The molecule has 0 aromatic heterocycles. The van der Waals surface area contributed by atoms with E-state index in [9.17, 15) is 0 Å². The lowest BCUT2D eigenvalue weighted by molar-refractivity contribution is -0.908. The number of nitrogens with one attached hydrogen (secondary N) is 1. The normalized spacial score (nSPS) is 22.2. The highest BCUT2D eigenvalue weighted by atomic mass is 79.9. The first-order valence-corrected chi connectivity index (χ1v) is 8.81. The lowest BCUT2D eigenvalue weighted by Gasteiger charge is -2.27. The quantitative estimate of drug-likeness (QED) is 0.738. The molecule has 1 heterocycles. The Kier molecular flexibility index (Phi) is 7.30. The summed E-state index contributed by atoms with van der Waals surface area (Å²) in [4.78, 5) is 1.67. The van der Waals surface area contributed by atoms with Crippen molar-refractivity contribution >= 4 is 27.5 Å². The first-order valence-electron chi connectivity index (χ1n) is 7.64. The third-order valence-electron chi connectivity index (χ3n) is 3.84. The fraction of sp³-hybridized carbons (Fsp3) is 0.625. The molecule has 1 aliphatic heterocycles. The zero-order chi connectivity index (χ0) is 15.1. The van der Waals surface area contributed by atoms with Gasteiger partial charge in [-0.2, -0.15) is 0 Å². The zero-order valence-electron chi connectivity index (χ0n) is 12.5. The molecule has 1 unspecified atom stereocenters. The van der Waals surface area contributed by atoms with E-state index in [4.69, 9.17) is 21.1 Å². The summed E-state index contributed by atoms with van der Waals surface area (Å²) in [7, 11) is 0. The van der Waals surface area contributed by atoms with Crippen LogP contribution in [0.3, 0.4) is 0 Å². The van der Waals surface area contributed by atoms with Crippen LogP contribution in [0.4, 0.5) is 0 Å². The van der Waals surface area contributed by atoms with Gasteiger partial charge in [0.05, 0.1) is 31.3 Å². The molecule has 1 N–H and O–H groups in total. The molecule has 21 heavy (non-hydrogen) atoms. The van der Waals surface area contributed by atoms with E-state index in [0.29, 0.717) is 24.0 Å². The van der Waals surface area contributed by atoms with Crippen LogP contribution in [0.15, 0.2) is 22.7 Å². The average molecular weight is 378 g/mol. The van der Waals surface area contributed by atoms with Crippen LogP contribution in [0.2, 0.25) is 5.02 Å². The molecular weight excluding hydrogens is 354 g/mol. The molecule has 1 aromatic rings. The van der Waals surface area contributed by atoms with Crippen molar-refractivity contribution in [2.24, 2.45) is 5.92 Å². The third-order valence-corrected chi connectivity index (χ3v) is 4.63. The molecule has 2 rings (SSSR count). The van der Waals surface area contributed by atoms with Gasteiger partial charge >= 0.3 is 0 Å². The van der Waals surface area contributed by atoms with Gasteiger partial charge in [0.1, 0.15) is 18.9 Å². The van der Waals surface area contributed by atoms with Crippen LogP contribution in [-0.2, 0) is 4.74 Å². The van der Waals surface area contributed by atoms with Crippen LogP contribution in [0.1, 0.15) is 19.8 Å². The summed E-state index contributed by atoms with van der Waals surface area (Å²) in [6.07, 6.45) is 2.73. The van der Waals surface area contributed by atoms with E-state index < -0.39 is 0 Å². The molecule has 1 saturated heterocycles. The Labute approximate surface area is 140 Å². The van der Waals surface area contributed by atoms with Gasteiger partial charge in [0.2, 0.25) is 0 Å². The highest BCUT2D eigenvalue weighted by molar-refractivity contribution is 9.10. The molecular formula is C16H24BrClNO2+. The molecule has 1 fully saturated rings. The summed E-state index contributed by atoms with van der Waals surface area (Å²) in [6.45, 7) is 7.97. The summed E-state index contributed by atoms with van der Waals surface area (Å²) < 4.78 is 12.2. The molecule has 1 aliphatic rings. The largest absolute Gasteiger partial charge is 0.490 e. The molecule has 0 spiro atoms. The topological polar surface area (TPSA) is 22.9 Å². The van der Waals surface area contributed by atoms with Crippen LogP contribution in [0, 0.1) is 5.92 Å². The lowest BCUT2D eigenvalue weighted by Crippen LogP contribution is -3.14. The zero-order valence-corrected chi connectivity index (χ0v) is 14.9. The molecule has 3 nitrogen and oxygen atoms in total. The number of piperidine rings is 1. The second-order valence-electron chi connectivity index (χ2n) is 5.74. The molecule has 0 bridgehead atoms. The number of quaternary nitrogens is 1. The molecule has 5 heteroatoms. The molecule has 0 amide bonds. The Morgan fingerprint density at radius 2 is 2.19 bits per heavy atom. The molecule has 0 saturated carbocycles. The first kappa shape index (κ1) is 17.1. The summed E-state index contributed by atoms with van der Waals surface area (Å²) in [5, 5.41) is 0.621. The number of benzene rings is 1. The third kappa shape index (κ3) is 6.15. The van der Waals surface area contributed by atoms with Crippen LogP contribution >= 0.6 is 27.5 Å². The van der Waals surface area contributed by atoms with Gasteiger partial charge in [0.25, 0.3) is 0 Å². The Morgan fingerprint density at radius 1 is 1.33 bits per heavy atom. The number of hydrogen-bond donors (Lipinski definition) is 1. The van der Waals surface area contributed by atoms with Crippen molar-refractivity contribution in [3.8, 4) is 5.75 Å². The number of likely N-dealkylation sites (tertiary alicyclic amines) is 1. The van der Waals surface area contributed by atoms with Crippen LogP contribution in [0.25, 0.3) is 0 Å². The van der Waals surface area contributed by atoms with Gasteiger partial charge in [-0.3, -0.25) is 0 Å². The first-order chi connectivity index (χ1) is 10.1. The molecule has 0 aliphatic carbocycles. The summed E-state index contributed by atoms with van der Waals surface area (Å²) >= 11 is 9.46. The van der Waals surface area contributed by atoms with Gasteiger partial charge in [0, 0.05) is 10.4 Å². The van der Waals surface area contributed by atoms with Crippen molar-refractivity contribution in [2.45, 2.75) is 19.8 Å². The van der Waals surface area contributed by atoms with Gasteiger partial charge in [-0.1, -0.05) is 34.5 Å². The van der Waals surface area contributed by atoms with E-state index in [1.807, 2.05) is 18.2 Å². The minimum Gasteiger partial charge on any atom is -0.490 e. The number of rotatable bonds is 7. The highest BCUT2D eigenvalue weighted by Gasteiger charge is 2.18. The summed E-state index contributed by atoms with van der Waals surface area (Å²) in [5.74, 6) is 1.57. The van der Waals surface area contributed by atoms with Gasteiger partial charge in [-0.25, -0.2) is 0 Å². The molecule has 118 valence electrons. The highest BCUT2D eigenvalue weighted by Crippen LogP contribution is 2.27. The Hall–Kier alpha value is -0.290. The van der Waals surface area contributed by atoms with E-state index in [0.717, 1.165) is 23.5 Å². The number of hydrogen-bond acceptors (Lipinski definition) is 2. The second-order valence-corrected chi connectivity index (χ2v) is 7.06. The fourth-order valence-corrected chi connectivity index (χ4v) is 3.47. The van der Waals surface area contributed by atoms with Gasteiger partial charge in [-0.05, 0) is 31.0 Å². The maximum absolute atomic E-state index is 6.09. The van der Waals surface area contributed by atoms with Gasteiger partial charge < -0.3 is 14.4 Å². The minimum atomic E-state index is 0.535. The predicted octanol–water partition coefficient (Wildman–Crippen LogP) is 2.81. The van der Waals surface area contributed by atoms with E-state index in [1.54, 1.807) is 4.90 Å². The van der Waals surface area contributed by atoms with E-state index in [2.05, 4.69) is 22.9 Å². The standard InChI is InChI=1S/C16H23BrClNO2/c1-13-3-2-6-19(12-13)7-8-20-9-10-21-16-5-4-14(17)11-15(16)18/h4-5,11,13H,2-3,6-10,12H2,1H3/p+1/t13-/m1/s1. The Morgan fingerprint density at radius 3 is 2.95 bits per heavy atom. The Balaban J connectivity index is 1.55. The van der Waals surface area contributed by atoms with E-state index in [1.165, 1.54) is 25.9 Å². The number of ether oxygens (including phenoxy) is 2. The van der Waals surface area contributed by atoms with E-state index in [-0.39, 0.29) is 0 Å². The summed E-state index contributed by atoms with van der Waals surface area (Å²) in [6, 6.07) is 5.62. The number of halogens is 2. The lowest BCUT2D eigenvalue weighted by atomic mass is 10.0. The van der Waals surface area contributed by atoms with Crippen LogP contribution in [-0.4, -0.2) is 39.5 Å². The molecule has 0 radical (unpaired) electrons. The Bertz CT molecular complexity index is 444. The summed E-state index contributed by atoms with van der Waals surface area (Å²) in [5.41, 5.74) is 0. The van der Waals surface area contributed by atoms with Crippen molar-refractivity contribution in [1.29, 1.82) is 0 Å². The monoisotopic (exact) mass is 376 g/mol. The predicted molar refractivity (Wildman–Crippen MR) is 89.4 cm³/mol. The van der Waals surface area contributed by atoms with Crippen molar-refractivity contribution in [3.63, 3.8) is 0 Å². The smallest absolute Gasteiger partial charge is 0.138 e. The fourth-order valence-electron chi connectivity index (χ4n) is 2.75. The van der Waals surface area contributed by atoms with Crippen LogP contribution in [0.5, 0.6) is 5.75 Å². The van der Waals surface area contributed by atoms with Crippen LogP contribution < -0.4 is 9.64 Å². The van der Waals surface area contributed by atoms with Crippen molar-refractivity contribution in [2.75, 3.05) is 39.5 Å². The maximum Gasteiger partial charge on any atom is 0.138 e. The van der Waals surface area contributed by atoms with Crippen molar-refractivity contribution < 1.29 is 14.4 Å². The minimum absolute atomic E-state index is 0.535. The molecule has 2 atom stereocenters. The van der Waals surface area contributed by atoms with Crippen molar-refractivity contribution in [3.05, 3.63) is 27.7 Å². The SMILES string of the molecule is C[C@@H]1CCC[NH+](CCOCCOc2ccc(Br)cc2Cl)C1. The van der Waals surface area contributed by atoms with Gasteiger partial charge in [-0.15, -0.1) is 0 Å². The van der Waals surface area contributed by atoms with Crippen molar-refractivity contribution in [1.82, 2.24) is 0 Å². The van der Waals surface area contributed by atoms with Gasteiger partial charge in [0.15, 0.2) is 0 Å². The molecule has 1 aromatic carbocycles. The van der Waals surface area contributed by atoms with E-state index >= 15 is 0 Å². The average Bonchev–Trinajstić information content (AvgIpc) is 2.44.